The van der Waals surface area contributed by atoms with Crippen molar-refractivity contribution >= 4 is 28.8 Å². The molecule has 1 saturated heterocycles. The molecule has 8 nitrogen and oxygen atoms in total. The van der Waals surface area contributed by atoms with Crippen LogP contribution in [0.15, 0.2) is 22.6 Å². The van der Waals surface area contributed by atoms with E-state index in [2.05, 4.69) is 15.5 Å². The highest BCUT2D eigenvalue weighted by atomic mass is 32.2. The first-order chi connectivity index (χ1) is 11.0. The second kappa shape index (κ2) is 6.29. The maximum atomic E-state index is 12.0. The highest BCUT2D eigenvalue weighted by molar-refractivity contribution is 8.14. The van der Waals surface area contributed by atoms with E-state index < -0.39 is 0 Å². The summed E-state index contributed by atoms with van der Waals surface area (Å²) in [5.74, 6) is 0.905. The van der Waals surface area contributed by atoms with Gasteiger partial charge in [0.25, 0.3) is 11.1 Å². The number of furan rings is 1. The zero-order valence-electron chi connectivity index (χ0n) is 12.3. The molecule has 2 aromatic rings. The Balaban J connectivity index is 1.56. The number of amides is 3. The van der Waals surface area contributed by atoms with Gasteiger partial charge in [-0.05, 0) is 19.1 Å². The highest BCUT2D eigenvalue weighted by Crippen LogP contribution is 2.20. The molecule has 1 aliphatic heterocycles. The molecule has 0 saturated carbocycles. The first-order valence-corrected chi connectivity index (χ1v) is 7.90. The van der Waals surface area contributed by atoms with E-state index in [0.29, 0.717) is 11.5 Å². The molecule has 1 aliphatic rings. The van der Waals surface area contributed by atoms with E-state index in [1.807, 2.05) is 13.0 Å². The van der Waals surface area contributed by atoms with Crippen molar-refractivity contribution in [1.82, 2.24) is 20.4 Å². The van der Waals surface area contributed by atoms with Crippen LogP contribution < -0.4 is 5.32 Å². The first kappa shape index (κ1) is 15.3. The van der Waals surface area contributed by atoms with Gasteiger partial charge >= 0.3 is 0 Å². The number of imide groups is 1. The minimum Gasteiger partial charge on any atom is -0.460 e. The van der Waals surface area contributed by atoms with Gasteiger partial charge in [0, 0.05) is 19.2 Å². The van der Waals surface area contributed by atoms with Crippen LogP contribution in [0, 0.1) is 6.92 Å². The Kier molecular flexibility index (Phi) is 4.20. The number of hydrogen-bond donors (Lipinski definition) is 2. The smallest absolute Gasteiger partial charge is 0.288 e. The van der Waals surface area contributed by atoms with Crippen molar-refractivity contribution in [2.24, 2.45) is 0 Å². The topological polar surface area (TPSA) is 108 Å². The molecule has 3 rings (SSSR count). The molecule has 3 amide bonds. The molecule has 0 spiro atoms. The van der Waals surface area contributed by atoms with Gasteiger partial charge in [-0.15, -0.1) is 0 Å². The number of thioether (sulfide) groups is 1. The lowest BCUT2D eigenvalue weighted by atomic mass is 10.3. The van der Waals surface area contributed by atoms with Crippen LogP contribution in [0.3, 0.4) is 0 Å². The molecule has 3 heterocycles. The predicted octanol–water partition coefficient (Wildman–Crippen LogP) is 1.40. The molecular weight excluding hydrogens is 320 g/mol. The summed E-state index contributed by atoms with van der Waals surface area (Å²) in [6, 6.07) is 5.18. The average Bonchev–Trinajstić information content (AvgIpc) is 3.22. The lowest BCUT2D eigenvalue weighted by Gasteiger charge is -2.12. The van der Waals surface area contributed by atoms with Gasteiger partial charge < -0.3 is 9.73 Å². The van der Waals surface area contributed by atoms with Gasteiger partial charge in [-0.2, -0.15) is 5.10 Å². The lowest BCUT2D eigenvalue weighted by Crippen LogP contribution is -2.37. The summed E-state index contributed by atoms with van der Waals surface area (Å²) in [6.45, 7) is 2.16. The molecule has 0 aliphatic carbocycles. The third kappa shape index (κ3) is 3.29. The van der Waals surface area contributed by atoms with Crippen molar-refractivity contribution in [2.45, 2.75) is 6.92 Å². The number of aromatic amines is 1. The second-order valence-electron chi connectivity index (χ2n) is 4.93. The van der Waals surface area contributed by atoms with E-state index in [4.69, 9.17) is 4.42 Å². The van der Waals surface area contributed by atoms with Crippen LogP contribution in [0.25, 0.3) is 11.5 Å². The first-order valence-electron chi connectivity index (χ1n) is 6.92. The van der Waals surface area contributed by atoms with Crippen molar-refractivity contribution in [3.05, 3.63) is 29.7 Å². The zero-order chi connectivity index (χ0) is 16.4. The Labute approximate surface area is 135 Å². The lowest BCUT2D eigenvalue weighted by molar-refractivity contribution is -0.124. The van der Waals surface area contributed by atoms with Crippen LogP contribution in [-0.4, -0.2) is 51.0 Å². The summed E-state index contributed by atoms with van der Waals surface area (Å²) in [4.78, 5) is 36.0. The van der Waals surface area contributed by atoms with Gasteiger partial charge in [-0.25, -0.2) is 0 Å². The van der Waals surface area contributed by atoms with Gasteiger partial charge in [0.05, 0.1) is 5.75 Å². The molecule has 2 aromatic heterocycles. The minimum atomic E-state index is -0.387. The highest BCUT2D eigenvalue weighted by Gasteiger charge is 2.29. The maximum Gasteiger partial charge on any atom is 0.288 e. The van der Waals surface area contributed by atoms with Gasteiger partial charge in [-0.1, -0.05) is 11.8 Å². The fourth-order valence-corrected chi connectivity index (χ4v) is 2.86. The molecular formula is C14H14N4O4S. The summed E-state index contributed by atoms with van der Waals surface area (Å²) in [5.41, 5.74) is 0.812. The number of nitrogens with zero attached hydrogens (tertiary/aromatic N) is 2. The fraction of sp³-hybridized carbons (Fsp3) is 0.286. The van der Waals surface area contributed by atoms with Crippen LogP contribution in [-0.2, 0) is 4.79 Å². The van der Waals surface area contributed by atoms with Crippen LogP contribution in [0.1, 0.15) is 16.2 Å². The minimum absolute atomic E-state index is 0.158. The molecule has 0 unspecified atom stereocenters. The van der Waals surface area contributed by atoms with Crippen LogP contribution in [0.2, 0.25) is 0 Å². The molecule has 0 radical (unpaired) electrons. The van der Waals surface area contributed by atoms with Crippen molar-refractivity contribution < 1.29 is 18.8 Å². The maximum absolute atomic E-state index is 12.0. The van der Waals surface area contributed by atoms with E-state index in [9.17, 15) is 14.4 Å². The fourth-order valence-electron chi connectivity index (χ4n) is 2.11. The zero-order valence-corrected chi connectivity index (χ0v) is 13.1. The number of carbonyl (C=O) groups is 3. The van der Waals surface area contributed by atoms with Crippen molar-refractivity contribution in [3.8, 4) is 11.5 Å². The third-order valence-corrected chi connectivity index (χ3v) is 4.14. The Morgan fingerprint density at radius 3 is 2.96 bits per heavy atom. The van der Waals surface area contributed by atoms with Gasteiger partial charge in [0.1, 0.15) is 11.5 Å². The molecule has 23 heavy (non-hydrogen) atoms. The Morgan fingerprint density at radius 1 is 1.48 bits per heavy atom. The summed E-state index contributed by atoms with van der Waals surface area (Å²) >= 11 is 0.969. The Morgan fingerprint density at radius 2 is 2.30 bits per heavy atom. The van der Waals surface area contributed by atoms with Crippen LogP contribution in [0.4, 0.5) is 4.79 Å². The van der Waals surface area contributed by atoms with E-state index >= 15 is 0 Å². The van der Waals surface area contributed by atoms with Crippen LogP contribution >= 0.6 is 11.8 Å². The molecule has 120 valence electrons. The van der Waals surface area contributed by atoms with Crippen molar-refractivity contribution in [1.29, 1.82) is 0 Å². The molecule has 0 atom stereocenters. The second-order valence-corrected chi connectivity index (χ2v) is 5.86. The molecule has 0 bridgehead atoms. The molecule has 1 fully saturated rings. The number of H-pyrrole nitrogens is 1. The normalized spacial score (nSPS) is 14.6. The van der Waals surface area contributed by atoms with E-state index in [0.717, 1.165) is 22.4 Å². The molecule has 9 heteroatoms. The standard InChI is InChI=1S/C14H14N4O4S/c1-8-2-3-11(22-8)9-6-10(17-16-9)13(20)15-4-5-18-12(19)7-23-14(18)21/h2-3,6H,4-5,7H2,1H3,(H,15,20)(H,16,17). The number of aryl methyl sites for hydroxylation is 1. The van der Waals surface area contributed by atoms with Gasteiger partial charge in [-0.3, -0.25) is 24.4 Å². The predicted molar refractivity (Wildman–Crippen MR) is 82.9 cm³/mol. The Hall–Kier alpha value is -2.55. The molecule has 0 aromatic carbocycles. The Bertz CT molecular complexity index is 750. The summed E-state index contributed by atoms with van der Waals surface area (Å²) < 4.78 is 5.45. The van der Waals surface area contributed by atoms with E-state index in [-0.39, 0.29) is 41.6 Å². The van der Waals surface area contributed by atoms with Crippen molar-refractivity contribution in [3.63, 3.8) is 0 Å². The largest absolute Gasteiger partial charge is 0.460 e. The number of nitrogens with one attached hydrogen (secondary N) is 2. The third-order valence-electron chi connectivity index (χ3n) is 3.28. The summed E-state index contributed by atoms with van der Waals surface area (Å²) in [7, 11) is 0. The van der Waals surface area contributed by atoms with E-state index in [1.54, 1.807) is 12.1 Å². The number of aromatic nitrogens is 2. The summed E-state index contributed by atoms with van der Waals surface area (Å²) in [5, 5.41) is 9.02. The van der Waals surface area contributed by atoms with Gasteiger partial charge in [0.15, 0.2) is 11.5 Å². The van der Waals surface area contributed by atoms with Crippen LogP contribution in [0.5, 0.6) is 0 Å². The van der Waals surface area contributed by atoms with Gasteiger partial charge in [0.2, 0.25) is 5.91 Å². The number of rotatable bonds is 5. The summed E-state index contributed by atoms with van der Waals surface area (Å²) in [6.07, 6.45) is 0. The average molecular weight is 334 g/mol. The quantitative estimate of drug-likeness (QED) is 0.856. The number of carbonyl (C=O) groups excluding carboxylic acids is 3. The monoisotopic (exact) mass is 334 g/mol. The number of hydrogen-bond acceptors (Lipinski definition) is 6. The van der Waals surface area contributed by atoms with Crippen molar-refractivity contribution in [2.75, 3.05) is 18.8 Å². The molecule has 2 N–H and O–H groups in total. The SMILES string of the molecule is Cc1ccc(-c2cc(C(=O)NCCN3C(=O)CSC3=O)n[nH]2)o1. The van der Waals surface area contributed by atoms with E-state index in [1.165, 1.54) is 0 Å².